The van der Waals surface area contributed by atoms with Crippen LogP contribution >= 0.6 is 0 Å². The number of nitrogens with one attached hydrogen (secondary N) is 1. The highest BCUT2D eigenvalue weighted by Crippen LogP contribution is 2.34. The molecule has 1 atom stereocenters. The Balaban J connectivity index is 1.82. The van der Waals surface area contributed by atoms with Crippen LogP contribution in [0.3, 0.4) is 0 Å². The Labute approximate surface area is 147 Å². The Morgan fingerprint density at radius 2 is 1.96 bits per heavy atom. The molecule has 1 aliphatic rings. The fourth-order valence-corrected chi connectivity index (χ4v) is 2.94. The molecule has 0 aliphatic carbocycles. The second-order valence-electron chi connectivity index (χ2n) is 6.11. The van der Waals surface area contributed by atoms with Crippen molar-refractivity contribution in [1.82, 2.24) is 9.97 Å². The van der Waals surface area contributed by atoms with Crippen LogP contribution in [0.1, 0.15) is 18.1 Å². The van der Waals surface area contributed by atoms with Gasteiger partial charge in [0.25, 0.3) is 0 Å². The third-order valence-corrected chi connectivity index (χ3v) is 4.33. The van der Waals surface area contributed by atoms with Crippen molar-refractivity contribution in [2.24, 2.45) is 0 Å². The molecule has 0 spiro atoms. The van der Waals surface area contributed by atoms with Crippen LogP contribution in [0, 0.1) is 0 Å². The molecule has 25 heavy (non-hydrogen) atoms. The molecule has 2 aromatic rings. The number of aromatic nitrogens is 2. The van der Waals surface area contributed by atoms with E-state index in [9.17, 15) is 0 Å². The summed E-state index contributed by atoms with van der Waals surface area (Å²) in [6.07, 6.45) is 2.65. The van der Waals surface area contributed by atoms with Crippen LogP contribution in [0.5, 0.6) is 11.5 Å². The number of anilines is 2. The summed E-state index contributed by atoms with van der Waals surface area (Å²) in [5.41, 5.74) is 2.48. The molecule has 1 aliphatic heterocycles. The largest absolute Gasteiger partial charge is 0.493 e. The van der Waals surface area contributed by atoms with Gasteiger partial charge in [0.1, 0.15) is 5.82 Å². The SMILES string of the molecule is COc1cc2c(cc1OC)CN(c1ccnc(N[C@@H](C)CO)n1)CC2. The van der Waals surface area contributed by atoms with Gasteiger partial charge in [0.2, 0.25) is 5.95 Å². The van der Waals surface area contributed by atoms with Gasteiger partial charge in [0, 0.05) is 25.3 Å². The molecule has 134 valence electrons. The highest BCUT2D eigenvalue weighted by Gasteiger charge is 2.21. The number of benzene rings is 1. The first-order chi connectivity index (χ1) is 12.1. The molecule has 1 aromatic heterocycles. The van der Waals surface area contributed by atoms with Gasteiger partial charge < -0.3 is 24.8 Å². The van der Waals surface area contributed by atoms with Crippen LogP contribution in [-0.4, -0.2) is 48.5 Å². The van der Waals surface area contributed by atoms with Crippen molar-refractivity contribution in [3.8, 4) is 11.5 Å². The molecule has 1 aromatic carbocycles. The average molecular weight is 344 g/mol. The smallest absolute Gasteiger partial charge is 0.224 e. The van der Waals surface area contributed by atoms with Crippen molar-refractivity contribution >= 4 is 11.8 Å². The molecule has 0 radical (unpaired) electrons. The molecular formula is C18H24N4O3. The molecule has 0 unspecified atom stereocenters. The normalized spacial score (nSPS) is 14.6. The van der Waals surface area contributed by atoms with Gasteiger partial charge in [-0.15, -0.1) is 0 Å². The number of hydrogen-bond acceptors (Lipinski definition) is 7. The molecular weight excluding hydrogens is 320 g/mol. The van der Waals surface area contributed by atoms with E-state index in [4.69, 9.17) is 14.6 Å². The Morgan fingerprint density at radius 3 is 2.64 bits per heavy atom. The second kappa shape index (κ2) is 7.57. The number of nitrogens with zero attached hydrogens (tertiary/aromatic N) is 3. The summed E-state index contributed by atoms with van der Waals surface area (Å²) in [5.74, 6) is 2.89. The van der Waals surface area contributed by atoms with Crippen LogP contribution in [-0.2, 0) is 13.0 Å². The van der Waals surface area contributed by atoms with Crippen LogP contribution < -0.4 is 19.7 Å². The van der Waals surface area contributed by atoms with Gasteiger partial charge in [-0.25, -0.2) is 4.98 Å². The highest BCUT2D eigenvalue weighted by molar-refractivity contribution is 5.52. The zero-order valence-corrected chi connectivity index (χ0v) is 14.8. The zero-order valence-electron chi connectivity index (χ0n) is 14.8. The lowest BCUT2D eigenvalue weighted by atomic mass is 9.99. The van der Waals surface area contributed by atoms with Gasteiger partial charge in [0.15, 0.2) is 11.5 Å². The topological polar surface area (TPSA) is 79.7 Å². The molecule has 0 saturated carbocycles. The minimum atomic E-state index is -0.0888. The Morgan fingerprint density at radius 1 is 1.24 bits per heavy atom. The summed E-state index contributed by atoms with van der Waals surface area (Å²) in [4.78, 5) is 11.0. The van der Waals surface area contributed by atoms with Gasteiger partial charge in [-0.05, 0) is 42.7 Å². The Hall–Kier alpha value is -2.54. The molecule has 0 bridgehead atoms. The predicted molar refractivity (Wildman–Crippen MR) is 96.5 cm³/mol. The fraction of sp³-hybridized carbons (Fsp3) is 0.444. The summed E-state index contributed by atoms with van der Waals surface area (Å²) in [6.45, 7) is 3.54. The minimum Gasteiger partial charge on any atom is -0.493 e. The third kappa shape index (κ3) is 3.76. The standard InChI is InChI=1S/C18H24N4O3/c1-12(11-23)20-18-19-6-4-17(21-18)22-7-5-13-8-15(24-2)16(25-3)9-14(13)10-22/h4,6,8-9,12,23H,5,7,10-11H2,1-3H3,(H,19,20,21)/t12-/m0/s1. The fourth-order valence-electron chi connectivity index (χ4n) is 2.94. The number of aliphatic hydroxyl groups is 1. The van der Waals surface area contributed by atoms with Crippen molar-refractivity contribution in [3.05, 3.63) is 35.5 Å². The third-order valence-electron chi connectivity index (χ3n) is 4.33. The first-order valence-electron chi connectivity index (χ1n) is 8.33. The van der Waals surface area contributed by atoms with E-state index in [0.29, 0.717) is 5.95 Å². The molecule has 7 heteroatoms. The van der Waals surface area contributed by atoms with Crippen LogP contribution in [0.25, 0.3) is 0 Å². The van der Waals surface area contributed by atoms with Crippen molar-refractivity contribution < 1.29 is 14.6 Å². The van der Waals surface area contributed by atoms with E-state index in [1.54, 1.807) is 20.4 Å². The summed E-state index contributed by atoms with van der Waals surface area (Å²) >= 11 is 0. The minimum absolute atomic E-state index is 0.0340. The van der Waals surface area contributed by atoms with E-state index in [1.165, 1.54) is 11.1 Å². The highest BCUT2D eigenvalue weighted by atomic mass is 16.5. The second-order valence-corrected chi connectivity index (χ2v) is 6.11. The lowest BCUT2D eigenvalue weighted by molar-refractivity contribution is 0.281. The van der Waals surface area contributed by atoms with Crippen molar-refractivity contribution in [3.63, 3.8) is 0 Å². The number of fused-ring (bicyclic) bond motifs is 1. The monoisotopic (exact) mass is 344 g/mol. The molecule has 2 heterocycles. The van der Waals surface area contributed by atoms with E-state index >= 15 is 0 Å². The number of ether oxygens (including phenoxy) is 2. The number of hydrogen-bond donors (Lipinski definition) is 2. The van der Waals surface area contributed by atoms with Crippen molar-refractivity contribution in [2.45, 2.75) is 25.9 Å². The Bertz CT molecular complexity index is 738. The Kier molecular flexibility index (Phi) is 5.23. The van der Waals surface area contributed by atoms with Gasteiger partial charge in [0.05, 0.1) is 20.8 Å². The molecule has 7 nitrogen and oxygen atoms in total. The number of rotatable bonds is 6. The van der Waals surface area contributed by atoms with Gasteiger partial charge in [-0.1, -0.05) is 0 Å². The van der Waals surface area contributed by atoms with Crippen molar-refractivity contribution in [2.75, 3.05) is 37.6 Å². The lowest BCUT2D eigenvalue weighted by Crippen LogP contribution is -2.31. The maximum Gasteiger partial charge on any atom is 0.224 e. The molecule has 3 rings (SSSR count). The van der Waals surface area contributed by atoms with Crippen molar-refractivity contribution in [1.29, 1.82) is 0 Å². The summed E-state index contributed by atoms with van der Waals surface area (Å²) < 4.78 is 10.8. The first kappa shape index (κ1) is 17.3. The first-order valence-corrected chi connectivity index (χ1v) is 8.33. The summed E-state index contributed by atoms with van der Waals surface area (Å²) in [5, 5.41) is 12.3. The maximum atomic E-state index is 9.16. The van der Waals surface area contributed by atoms with Crippen LogP contribution in [0.15, 0.2) is 24.4 Å². The van der Waals surface area contributed by atoms with Gasteiger partial charge >= 0.3 is 0 Å². The maximum absolute atomic E-state index is 9.16. The molecule has 0 saturated heterocycles. The van der Waals surface area contributed by atoms with E-state index < -0.39 is 0 Å². The lowest BCUT2D eigenvalue weighted by Gasteiger charge is -2.30. The average Bonchev–Trinajstić information content (AvgIpc) is 2.66. The zero-order chi connectivity index (χ0) is 17.8. The quantitative estimate of drug-likeness (QED) is 0.828. The van der Waals surface area contributed by atoms with E-state index in [2.05, 4.69) is 26.3 Å². The molecule has 0 amide bonds. The summed E-state index contributed by atoms with van der Waals surface area (Å²) in [6, 6.07) is 5.91. The van der Waals surface area contributed by atoms with Gasteiger partial charge in [-0.2, -0.15) is 4.98 Å². The van der Waals surface area contributed by atoms with Crippen LogP contribution in [0.4, 0.5) is 11.8 Å². The van der Waals surface area contributed by atoms with Crippen LogP contribution in [0.2, 0.25) is 0 Å². The van der Waals surface area contributed by atoms with E-state index in [1.807, 2.05) is 19.1 Å². The molecule has 2 N–H and O–H groups in total. The van der Waals surface area contributed by atoms with E-state index in [0.717, 1.165) is 36.8 Å². The predicted octanol–water partition coefficient (Wildman–Crippen LogP) is 1.85. The summed E-state index contributed by atoms with van der Waals surface area (Å²) in [7, 11) is 3.30. The van der Waals surface area contributed by atoms with E-state index in [-0.39, 0.29) is 12.6 Å². The van der Waals surface area contributed by atoms with Gasteiger partial charge in [-0.3, -0.25) is 0 Å². The molecule has 0 fully saturated rings. The number of aliphatic hydroxyl groups excluding tert-OH is 1. The number of methoxy groups -OCH3 is 2.